The molecule has 0 bridgehead atoms. The second-order valence-electron chi connectivity index (χ2n) is 9.69. The van der Waals surface area contributed by atoms with Crippen molar-refractivity contribution in [3.8, 4) is 5.88 Å². The standard InChI is InChI=1S/C22H29F3N4O4/c1-20(2,3)15-6-8-21(9-7-15)18(31)29(19(32)28-21)12-16(30)27-11-14-5-4-10-26-17(14)33-13-22(23,24)25/h4-5,10,15H,6-9,11-13H2,1-3H3,(H,27,30)(H,28,32). The van der Waals surface area contributed by atoms with Gasteiger partial charge in [-0.1, -0.05) is 26.8 Å². The van der Waals surface area contributed by atoms with Crippen LogP contribution in [0.3, 0.4) is 0 Å². The fourth-order valence-corrected chi connectivity index (χ4v) is 4.37. The summed E-state index contributed by atoms with van der Waals surface area (Å²) in [5, 5.41) is 5.29. The maximum Gasteiger partial charge on any atom is 0.422 e. The van der Waals surface area contributed by atoms with Crippen LogP contribution in [0.1, 0.15) is 52.0 Å². The fourth-order valence-electron chi connectivity index (χ4n) is 4.37. The number of pyridine rings is 1. The third-order valence-electron chi connectivity index (χ3n) is 6.31. The Morgan fingerprint density at radius 1 is 1.27 bits per heavy atom. The SMILES string of the molecule is CC(C)(C)C1CCC2(CC1)NC(=O)N(CC(=O)NCc1cccnc1OCC(F)(F)F)C2=O. The van der Waals surface area contributed by atoms with Gasteiger partial charge in [-0.2, -0.15) is 13.2 Å². The van der Waals surface area contributed by atoms with Crippen LogP contribution in [0.5, 0.6) is 5.88 Å². The van der Waals surface area contributed by atoms with E-state index in [0.717, 1.165) is 17.7 Å². The van der Waals surface area contributed by atoms with Gasteiger partial charge in [0.1, 0.15) is 12.1 Å². The number of imide groups is 1. The molecule has 1 aliphatic heterocycles. The number of rotatable bonds is 6. The number of hydrogen-bond acceptors (Lipinski definition) is 5. The molecule has 0 unspecified atom stereocenters. The van der Waals surface area contributed by atoms with Crippen LogP contribution in [0, 0.1) is 11.3 Å². The predicted molar refractivity (Wildman–Crippen MR) is 112 cm³/mol. The van der Waals surface area contributed by atoms with Crippen molar-refractivity contribution in [1.29, 1.82) is 0 Å². The third-order valence-corrected chi connectivity index (χ3v) is 6.31. The molecule has 2 N–H and O–H groups in total. The Labute approximate surface area is 190 Å². The van der Waals surface area contributed by atoms with Gasteiger partial charge >= 0.3 is 12.2 Å². The highest BCUT2D eigenvalue weighted by Crippen LogP contribution is 2.43. The van der Waals surface area contributed by atoms with Crippen molar-refractivity contribution < 1.29 is 32.3 Å². The highest BCUT2D eigenvalue weighted by Gasteiger charge is 2.53. The predicted octanol–water partition coefficient (Wildman–Crippen LogP) is 3.17. The largest absolute Gasteiger partial charge is 0.468 e. The summed E-state index contributed by atoms with van der Waals surface area (Å²) in [4.78, 5) is 42.6. The van der Waals surface area contributed by atoms with Crippen LogP contribution in [0.4, 0.5) is 18.0 Å². The normalized spacial score (nSPS) is 23.6. The van der Waals surface area contributed by atoms with Crippen LogP contribution in [-0.2, 0) is 16.1 Å². The quantitative estimate of drug-likeness (QED) is 0.622. The molecule has 4 amide bonds. The van der Waals surface area contributed by atoms with Crippen LogP contribution in [0.15, 0.2) is 18.3 Å². The van der Waals surface area contributed by atoms with Gasteiger partial charge in [-0.25, -0.2) is 9.78 Å². The van der Waals surface area contributed by atoms with E-state index in [9.17, 15) is 27.6 Å². The molecule has 2 aliphatic rings. The van der Waals surface area contributed by atoms with E-state index in [1.54, 1.807) is 0 Å². The van der Waals surface area contributed by atoms with Crippen molar-refractivity contribution in [2.24, 2.45) is 11.3 Å². The van der Waals surface area contributed by atoms with Crippen molar-refractivity contribution in [2.45, 2.75) is 64.7 Å². The summed E-state index contributed by atoms with van der Waals surface area (Å²) >= 11 is 0. The number of carbonyl (C=O) groups excluding carboxylic acids is 3. The van der Waals surface area contributed by atoms with E-state index in [-0.39, 0.29) is 23.4 Å². The molecule has 2 heterocycles. The van der Waals surface area contributed by atoms with Gasteiger partial charge in [0.2, 0.25) is 11.8 Å². The number of ether oxygens (including phenoxy) is 1. The Bertz CT molecular complexity index is 906. The molecule has 1 spiro atoms. The Morgan fingerprint density at radius 3 is 2.55 bits per heavy atom. The monoisotopic (exact) mass is 470 g/mol. The number of aromatic nitrogens is 1. The smallest absolute Gasteiger partial charge is 0.422 e. The molecule has 0 aromatic carbocycles. The van der Waals surface area contributed by atoms with Gasteiger partial charge in [0.25, 0.3) is 5.91 Å². The molecule has 1 aliphatic carbocycles. The summed E-state index contributed by atoms with van der Waals surface area (Å²) in [6, 6.07) is 2.35. The number of urea groups is 1. The van der Waals surface area contributed by atoms with E-state index in [0.29, 0.717) is 18.8 Å². The Morgan fingerprint density at radius 2 is 1.94 bits per heavy atom. The lowest BCUT2D eigenvalue weighted by atomic mass is 9.67. The van der Waals surface area contributed by atoms with Gasteiger partial charge in [0.05, 0.1) is 0 Å². The van der Waals surface area contributed by atoms with Crippen molar-refractivity contribution in [2.75, 3.05) is 13.2 Å². The average Bonchev–Trinajstić information content (AvgIpc) is 2.94. The molecule has 0 atom stereocenters. The van der Waals surface area contributed by atoms with Crippen LogP contribution < -0.4 is 15.4 Å². The minimum Gasteiger partial charge on any atom is -0.468 e. The number of amides is 4. The summed E-state index contributed by atoms with van der Waals surface area (Å²) in [5.74, 6) is -0.840. The Balaban J connectivity index is 1.56. The molecule has 1 saturated heterocycles. The zero-order chi connectivity index (χ0) is 24.4. The molecule has 33 heavy (non-hydrogen) atoms. The second kappa shape index (κ2) is 9.18. The van der Waals surface area contributed by atoms with Crippen molar-refractivity contribution >= 4 is 17.8 Å². The molecular formula is C22H29F3N4O4. The lowest BCUT2D eigenvalue weighted by molar-refractivity contribution is -0.154. The van der Waals surface area contributed by atoms with E-state index < -0.39 is 42.7 Å². The number of carbonyl (C=O) groups is 3. The molecule has 182 valence electrons. The van der Waals surface area contributed by atoms with Gasteiger partial charge in [-0.05, 0) is 43.1 Å². The lowest BCUT2D eigenvalue weighted by Crippen LogP contribution is -2.51. The zero-order valence-electron chi connectivity index (χ0n) is 18.9. The third kappa shape index (κ3) is 5.94. The fraction of sp³-hybridized carbons (Fsp3) is 0.636. The van der Waals surface area contributed by atoms with E-state index in [1.807, 2.05) is 0 Å². The summed E-state index contributed by atoms with van der Waals surface area (Å²) in [5.41, 5.74) is -0.618. The van der Waals surface area contributed by atoms with E-state index in [4.69, 9.17) is 4.74 Å². The summed E-state index contributed by atoms with van der Waals surface area (Å²) in [6.45, 7) is 4.32. The first-order chi connectivity index (χ1) is 15.3. The maximum absolute atomic E-state index is 13.0. The van der Waals surface area contributed by atoms with Gasteiger partial charge in [-0.15, -0.1) is 0 Å². The van der Waals surface area contributed by atoms with Gasteiger partial charge < -0.3 is 15.4 Å². The molecule has 3 rings (SSSR count). The first-order valence-electron chi connectivity index (χ1n) is 10.8. The zero-order valence-corrected chi connectivity index (χ0v) is 18.9. The molecule has 1 aromatic rings. The summed E-state index contributed by atoms with van der Waals surface area (Å²) in [7, 11) is 0. The first kappa shape index (κ1) is 24.8. The van der Waals surface area contributed by atoms with Crippen molar-refractivity contribution in [3.63, 3.8) is 0 Å². The minimum absolute atomic E-state index is 0.113. The number of nitrogens with one attached hydrogen (secondary N) is 2. The summed E-state index contributed by atoms with van der Waals surface area (Å²) in [6.07, 6.45) is -0.601. The molecule has 0 radical (unpaired) electrons. The lowest BCUT2D eigenvalue weighted by Gasteiger charge is -2.40. The van der Waals surface area contributed by atoms with Gasteiger partial charge in [0.15, 0.2) is 6.61 Å². The highest BCUT2D eigenvalue weighted by atomic mass is 19.4. The first-order valence-corrected chi connectivity index (χ1v) is 10.8. The van der Waals surface area contributed by atoms with E-state index in [2.05, 4.69) is 36.4 Å². The van der Waals surface area contributed by atoms with Gasteiger partial charge in [0, 0.05) is 18.3 Å². The number of hydrogen-bond donors (Lipinski definition) is 2. The number of alkyl halides is 3. The average molecular weight is 470 g/mol. The second-order valence-corrected chi connectivity index (χ2v) is 9.69. The molecule has 1 saturated carbocycles. The van der Waals surface area contributed by atoms with Crippen molar-refractivity contribution in [3.05, 3.63) is 23.9 Å². The van der Waals surface area contributed by atoms with Crippen LogP contribution in [0.2, 0.25) is 0 Å². The molecule has 2 fully saturated rings. The number of nitrogens with zero attached hydrogens (tertiary/aromatic N) is 2. The van der Waals surface area contributed by atoms with Crippen LogP contribution in [0.25, 0.3) is 0 Å². The van der Waals surface area contributed by atoms with Crippen LogP contribution in [-0.4, -0.2) is 52.6 Å². The molecule has 8 nitrogen and oxygen atoms in total. The van der Waals surface area contributed by atoms with Crippen molar-refractivity contribution in [1.82, 2.24) is 20.5 Å². The minimum atomic E-state index is -4.52. The Hall–Kier alpha value is -2.85. The Kier molecular flexibility index (Phi) is 6.90. The highest BCUT2D eigenvalue weighted by molar-refractivity contribution is 6.09. The number of halogens is 3. The maximum atomic E-state index is 13.0. The van der Waals surface area contributed by atoms with Gasteiger partial charge in [-0.3, -0.25) is 14.5 Å². The summed E-state index contributed by atoms with van der Waals surface area (Å²) < 4.78 is 42.0. The van der Waals surface area contributed by atoms with E-state index in [1.165, 1.54) is 18.3 Å². The van der Waals surface area contributed by atoms with Crippen LogP contribution >= 0.6 is 0 Å². The van der Waals surface area contributed by atoms with E-state index >= 15 is 0 Å². The molecule has 11 heteroatoms. The molecule has 1 aromatic heterocycles. The topological polar surface area (TPSA) is 101 Å². The molecular weight excluding hydrogens is 441 g/mol.